The fourth-order valence-electron chi connectivity index (χ4n) is 1.75. The summed E-state index contributed by atoms with van der Waals surface area (Å²) in [6, 6.07) is 2.20. The first kappa shape index (κ1) is 13.9. The number of nitrogens with one attached hydrogen (secondary N) is 1. The maximum Gasteiger partial charge on any atom is 0.142 e. The SMILES string of the molecule is CSCCCCCNc1c(C#N)c(C)nn1C. The van der Waals surface area contributed by atoms with E-state index >= 15 is 0 Å². The number of nitriles is 1. The van der Waals surface area contributed by atoms with E-state index in [0.717, 1.165) is 24.5 Å². The highest BCUT2D eigenvalue weighted by Crippen LogP contribution is 2.17. The van der Waals surface area contributed by atoms with Gasteiger partial charge in [0.2, 0.25) is 0 Å². The summed E-state index contributed by atoms with van der Waals surface area (Å²) in [5.41, 5.74) is 1.46. The summed E-state index contributed by atoms with van der Waals surface area (Å²) in [6.45, 7) is 2.77. The molecule has 4 nitrogen and oxygen atoms in total. The van der Waals surface area contributed by atoms with Gasteiger partial charge in [0.25, 0.3) is 0 Å². The van der Waals surface area contributed by atoms with Crippen molar-refractivity contribution in [2.45, 2.75) is 26.2 Å². The molecule has 1 rings (SSSR count). The predicted octanol–water partition coefficient (Wildman–Crippen LogP) is 2.55. The van der Waals surface area contributed by atoms with Crippen LogP contribution in [-0.4, -0.2) is 28.3 Å². The van der Waals surface area contributed by atoms with Gasteiger partial charge in [0.05, 0.1) is 5.69 Å². The van der Waals surface area contributed by atoms with E-state index in [9.17, 15) is 0 Å². The maximum atomic E-state index is 9.04. The molecule has 0 spiro atoms. The Balaban J connectivity index is 2.39. The fraction of sp³-hybridized carbons (Fsp3) is 0.667. The lowest BCUT2D eigenvalue weighted by atomic mass is 10.2. The molecule has 0 aliphatic carbocycles. The smallest absolute Gasteiger partial charge is 0.142 e. The Labute approximate surface area is 107 Å². The number of nitrogens with zero attached hydrogens (tertiary/aromatic N) is 3. The van der Waals surface area contributed by atoms with Gasteiger partial charge in [-0.25, -0.2) is 0 Å². The van der Waals surface area contributed by atoms with Crippen LogP contribution in [0.3, 0.4) is 0 Å². The summed E-state index contributed by atoms with van der Waals surface area (Å²) >= 11 is 1.89. The van der Waals surface area contributed by atoms with Crippen molar-refractivity contribution < 1.29 is 0 Å². The van der Waals surface area contributed by atoms with E-state index < -0.39 is 0 Å². The third-order valence-corrected chi connectivity index (χ3v) is 3.35. The van der Waals surface area contributed by atoms with Crippen LogP contribution < -0.4 is 5.32 Å². The quantitative estimate of drug-likeness (QED) is 0.758. The van der Waals surface area contributed by atoms with E-state index in [1.807, 2.05) is 25.7 Å². The Kier molecular flexibility index (Phi) is 5.92. The minimum absolute atomic E-state index is 0.664. The van der Waals surface area contributed by atoms with Crippen LogP contribution >= 0.6 is 11.8 Å². The number of rotatable bonds is 7. The number of anilines is 1. The summed E-state index contributed by atoms with van der Waals surface area (Å²) in [5, 5.41) is 16.6. The number of hydrogen-bond donors (Lipinski definition) is 1. The highest BCUT2D eigenvalue weighted by atomic mass is 32.2. The largest absolute Gasteiger partial charge is 0.369 e. The van der Waals surface area contributed by atoms with Crippen molar-refractivity contribution in [1.29, 1.82) is 5.26 Å². The van der Waals surface area contributed by atoms with Gasteiger partial charge >= 0.3 is 0 Å². The van der Waals surface area contributed by atoms with Crippen molar-refractivity contribution >= 4 is 17.6 Å². The monoisotopic (exact) mass is 252 g/mol. The second-order valence-electron chi connectivity index (χ2n) is 4.02. The molecule has 0 saturated carbocycles. The summed E-state index contributed by atoms with van der Waals surface area (Å²) in [5.74, 6) is 2.07. The van der Waals surface area contributed by atoms with Crippen LogP contribution in [0.15, 0.2) is 0 Å². The van der Waals surface area contributed by atoms with Gasteiger partial charge in [-0.15, -0.1) is 0 Å². The third-order valence-electron chi connectivity index (χ3n) is 2.65. The van der Waals surface area contributed by atoms with Crippen LogP contribution in [0.2, 0.25) is 0 Å². The second-order valence-corrected chi connectivity index (χ2v) is 5.01. The summed E-state index contributed by atoms with van der Waals surface area (Å²) < 4.78 is 1.75. The molecule has 0 bridgehead atoms. The van der Waals surface area contributed by atoms with Gasteiger partial charge in [-0.3, -0.25) is 4.68 Å². The van der Waals surface area contributed by atoms with E-state index in [2.05, 4.69) is 22.7 Å². The lowest BCUT2D eigenvalue weighted by Crippen LogP contribution is -2.07. The van der Waals surface area contributed by atoms with Crippen molar-refractivity contribution in [2.24, 2.45) is 7.05 Å². The van der Waals surface area contributed by atoms with Gasteiger partial charge < -0.3 is 5.32 Å². The van der Waals surface area contributed by atoms with Crippen LogP contribution in [0.5, 0.6) is 0 Å². The first-order valence-electron chi connectivity index (χ1n) is 5.87. The molecule has 0 fully saturated rings. The number of thioether (sulfide) groups is 1. The summed E-state index contributed by atoms with van der Waals surface area (Å²) in [7, 11) is 1.86. The van der Waals surface area contributed by atoms with Gasteiger partial charge in [0, 0.05) is 13.6 Å². The van der Waals surface area contributed by atoms with Crippen LogP contribution in [0.1, 0.15) is 30.5 Å². The third kappa shape index (κ3) is 3.97. The van der Waals surface area contributed by atoms with Crippen molar-refractivity contribution in [3.8, 4) is 6.07 Å². The molecule has 94 valence electrons. The molecule has 0 radical (unpaired) electrons. The summed E-state index contributed by atoms with van der Waals surface area (Å²) in [4.78, 5) is 0. The lowest BCUT2D eigenvalue weighted by Gasteiger charge is -2.06. The molecule has 0 atom stereocenters. The Morgan fingerprint density at radius 3 is 2.82 bits per heavy atom. The van der Waals surface area contributed by atoms with Gasteiger partial charge in [-0.2, -0.15) is 22.1 Å². The van der Waals surface area contributed by atoms with E-state index in [0.29, 0.717) is 5.56 Å². The topological polar surface area (TPSA) is 53.6 Å². The van der Waals surface area contributed by atoms with Gasteiger partial charge in [0.15, 0.2) is 0 Å². The zero-order valence-corrected chi connectivity index (χ0v) is 11.6. The molecular formula is C12H20N4S. The highest BCUT2D eigenvalue weighted by Gasteiger charge is 2.11. The van der Waals surface area contributed by atoms with Crippen LogP contribution in [0.25, 0.3) is 0 Å². The molecule has 0 saturated heterocycles. The van der Waals surface area contributed by atoms with Crippen molar-refractivity contribution in [3.05, 3.63) is 11.3 Å². The van der Waals surface area contributed by atoms with Gasteiger partial charge in [-0.05, 0) is 31.8 Å². The zero-order valence-electron chi connectivity index (χ0n) is 10.8. The first-order chi connectivity index (χ1) is 8.20. The van der Waals surface area contributed by atoms with E-state index in [-0.39, 0.29) is 0 Å². The average molecular weight is 252 g/mol. The van der Waals surface area contributed by atoms with E-state index in [4.69, 9.17) is 5.26 Å². The molecular weight excluding hydrogens is 232 g/mol. The summed E-state index contributed by atoms with van der Waals surface area (Å²) in [6.07, 6.45) is 5.76. The number of unbranched alkanes of at least 4 members (excludes halogenated alkanes) is 2. The number of aryl methyl sites for hydroxylation is 2. The second kappa shape index (κ2) is 7.23. The molecule has 17 heavy (non-hydrogen) atoms. The van der Waals surface area contributed by atoms with Crippen molar-refractivity contribution in [3.63, 3.8) is 0 Å². The normalized spacial score (nSPS) is 10.2. The molecule has 1 heterocycles. The van der Waals surface area contributed by atoms with Gasteiger partial charge in [0.1, 0.15) is 17.5 Å². The van der Waals surface area contributed by atoms with Crippen LogP contribution in [-0.2, 0) is 7.05 Å². The van der Waals surface area contributed by atoms with E-state index in [1.54, 1.807) is 4.68 Å². The van der Waals surface area contributed by atoms with Crippen LogP contribution in [0.4, 0.5) is 5.82 Å². The molecule has 0 aliphatic rings. The molecule has 0 aromatic carbocycles. The maximum absolute atomic E-state index is 9.04. The molecule has 0 aliphatic heterocycles. The molecule has 5 heteroatoms. The van der Waals surface area contributed by atoms with E-state index in [1.165, 1.54) is 18.6 Å². The van der Waals surface area contributed by atoms with Crippen LogP contribution in [0, 0.1) is 18.3 Å². The Morgan fingerprint density at radius 1 is 1.41 bits per heavy atom. The Morgan fingerprint density at radius 2 is 2.18 bits per heavy atom. The average Bonchev–Trinajstić information content (AvgIpc) is 2.58. The zero-order chi connectivity index (χ0) is 12.7. The van der Waals surface area contributed by atoms with Crippen molar-refractivity contribution in [1.82, 2.24) is 9.78 Å². The predicted molar refractivity (Wildman–Crippen MR) is 73.4 cm³/mol. The first-order valence-corrected chi connectivity index (χ1v) is 7.26. The molecule has 1 aromatic heterocycles. The standard InChI is InChI=1S/C12H20N4S/c1-10-11(9-13)12(16(2)15-10)14-7-5-4-6-8-17-3/h14H,4-8H2,1-3H3. The number of hydrogen-bond acceptors (Lipinski definition) is 4. The minimum atomic E-state index is 0.664. The molecule has 1 aromatic rings. The lowest BCUT2D eigenvalue weighted by molar-refractivity contribution is 0.726. The van der Waals surface area contributed by atoms with Gasteiger partial charge in [-0.1, -0.05) is 6.42 Å². The van der Waals surface area contributed by atoms with Crippen molar-refractivity contribution in [2.75, 3.05) is 23.9 Å². The Bertz CT molecular complexity index is 392. The fourth-order valence-corrected chi connectivity index (χ4v) is 2.24. The Hall–Kier alpha value is -1.15. The molecule has 0 amide bonds. The highest BCUT2D eigenvalue weighted by molar-refractivity contribution is 7.98. The molecule has 1 N–H and O–H groups in total. The molecule has 0 unspecified atom stereocenters. The minimum Gasteiger partial charge on any atom is -0.369 e. The number of aromatic nitrogens is 2.